The maximum absolute atomic E-state index is 10.8. The van der Waals surface area contributed by atoms with Gasteiger partial charge in [0.2, 0.25) is 5.88 Å². The molecule has 0 saturated heterocycles. The van der Waals surface area contributed by atoms with Crippen molar-refractivity contribution in [2.24, 2.45) is 0 Å². The van der Waals surface area contributed by atoms with Gasteiger partial charge in [-0.1, -0.05) is 79.7 Å². The molecule has 1 heterocycles. The predicted octanol–water partition coefficient (Wildman–Crippen LogP) is 5.79. The van der Waals surface area contributed by atoms with Gasteiger partial charge >= 0.3 is 0 Å². The average molecular weight is 498 g/mol. The van der Waals surface area contributed by atoms with Gasteiger partial charge in [-0.25, -0.2) is 4.68 Å². The lowest BCUT2D eigenvalue weighted by Crippen LogP contribution is -2.34. The van der Waals surface area contributed by atoms with Crippen molar-refractivity contribution in [2.45, 2.75) is 32.5 Å². The van der Waals surface area contributed by atoms with Crippen LogP contribution in [0.1, 0.15) is 23.7 Å². The molecular formula is C31H35N3O3. The van der Waals surface area contributed by atoms with Crippen molar-refractivity contribution in [3.63, 3.8) is 0 Å². The van der Waals surface area contributed by atoms with Crippen LogP contribution in [0, 0.1) is 0 Å². The van der Waals surface area contributed by atoms with Gasteiger partial charge < -0.3 is 14.6 Å². The smallest absolute Gasteiger partial charge is 0.227 e. The quantitative estimate of drug-likeness (QED) is 0.176. The molecule has 0 aliphatic carbocycles. The number of para-hydroxylation sites is 2. The zero-order chi connectivity index (χ0) is 25.9. The summed E-state index contributed by atoms with van der Waals surface area (Å²) in [6, 6.07) is 30.1. The lowest BCUT2D eigenvalue weighted by atomic mass is 10.1. The molecule has 192 valence electrons. The predicted molar refractivity (Wildman–Crippen MR) is 147 cm³/mol. The number of aryl methyl sites for hydroxylation is 1. The minimum atomic E-state index is -0.642. The van der Waals surface area contributed by atoms with Crippen LogP contribution < -0.4 is 4.74 Å². The fourth-order valence-electron chi connectivity index (χ4n) is 4.26. The first-order valence-electron chi connectivity index (χ1n) is 12.7. The molecule has 0 radical (unpaired) electrons. The van der Waals surface area contributed by atoms with E-state index >= 15 is 0 Å². The molecule has 3 aromatic carbocycles. The van der Waals surface area contributed by atoms with Crippen LogP contribution in [0.5, 0.6) is 11.6 Å². The third kappa shape index (κ3) is 7.40. The summed E-state index contributed by atoms with van der Waals surface area (Å²) in [4.78, 5) is 2.22. The number of hydrogen-bond acceptors (Lipinski definition) is 5. The van der Waals surface area contributed by atoms with Crippen LogP contribution in [0.4, 0.5) is 0 Å². The monoisotopic (exact) mass is 497 g/mol. The van der Waals surface area contributed by atoms with Gasteiger partial charge in [0.05, 0.1) is 36.3 Å². The van der Waals surface area contributed by atoms with Crippen molar-refractivity contribution >= 4 is 0 Å². The van der Waals surface area contributed by atoms with E-state index in [9.17, 15) is 5.11 Å². The topological polar surface area (TPSA) is 59.8 Å². The summed E-state index contributed by atoms with van der Waals surface area (Å²) in [5, 5.41) is 15.7. The third-order valence-electron chi connectivity index (χ3n) is 5.96. The highest BCUT2D eigenvalue weighted by atomic mass is 16.5. The van der Waals surface area contributed by atoms with Gasteiger partial charge in [-0.2, -0.15) is 5.10 Å². The average Bonchev–Trinajstić information content (AvgIpc) is 3.27. The zero-order valence-electron chi connectivity index (χ0n) is 21.4. The maximum atomic E-state index is 10.8. The molecule has 0 fully saturated rings. The Bertz CT molecular complexity index is 1230. The number of aliphatic hydroxyl groups excluding tert-OH is 1. The summed E-state index contributed by atoms with van der Waals surface area (Å²) in [7, 11) is 0. The van der Waals surface area contributed by atoms with E-state index in [-0.39, 0.29) is 6.61 Å². The largest absolute Gasteiger partial charge is 0.439 e. The Morgan fingerprint density at radius 1 is 0.946 bits per heavy atom. The van der Waals surface area contributed by atoms with Crippen LogP contribution >= 0.6 is 0 Å². The molecule has 0 saturated carbocycles. The van der Waals surface area contributed by atoms with Gasteiger partial charge in [0.15, 0.2) is 0 Å². The number of nitrogens with zero attached hydrogens (tertiary/aromatic N) is 3. The maximum Gasteiger partial charge on any atom is 0.227 e. The first-order valence-corrected chi connectivity index (χ1v) is 12.7. The highest BCUT2D eigenvalue weighted by molar-refractivity contribution is 5.43. The molecule has 0 aliphatic rings. The molecule has 6 heteroatoms. The van der Waals surface area contributed by atoms with Crippen molar-refractivity contribution in [2.75, 3.05) is 19.8 Å². The van der Waals surface area contributed by atoms with E-state index in [1.54, 1.807) is 6.08 Å². The molecule has 1 N–H and O–H groups in total. The minimum Gasteiger partial charge on any atom is -0.439 e. The number of ether oxygens (including phenoxy) is 2. The molecule has 0 aliphatic heterocycles. The molecule has 37 heavy (non-hydrogen) atoms. The van der Waals surface area contributed by atoms with Crippen LogP contribution in [0.3, 0.4) is 0 Å². The Morgan fingerprint density at radius 2 is 1.59 bits per heavy atom. The van der Waals surface area contributed by atoms with Gasteiger partial charge in [-0.15, -0.1) is 6.58 Å². The minimum absolute atomic E-state index is 0.245. The van der Waals surface area contributed by atoms with Crippen molar-refractivity contribution in [1.82, 2.24) is 14.7 Å². The van der Waals surface area contributed by atoms with Crippen molar-refractivity contribution in [3.05, 3.63) is 120 Å². The van der Waals surface area contributed by atoms with E-state index in [1.807, 2.05) is 83.5 Å². The second kappa shape index (κ2) is 13.6. The molecule has 6 nitrogen and oxygen atoms in total. The van der Waals surface area contributed by atoms with E-state index in [4.69, 9.17) is 14.6 Å². The van der Waals surface area contributed by atoms with Gasteiger partial charge in [-0.05, 0) is 36.2 Å². The molecule has 0 amide bonds. The summed E-state index contributed by atoms with van der Waals surface area (Å²) >= 11 is 0. The fraction of sp³-hybridized carbons (Fsp3) is 0.258. The summed E-state index contributed by atoms with van der Waals surface area (Å²) in [6.07, 6.45) is 1.80. The molecule has 1 aromatic heterocycles. The van der Waals surface area contributed by atoms with Crippen LogP contribution in [0.15, 0.2) is 104 Å². The Balaban J connectivity index is 1.70. The first-order chi connectivity index (χ1) is 18.2. The normalized spacial score (nSPS) is 12.0. The standard InChI is InChI=1S/C31H35N3O3/c1-3-20-36-24-27(35)22-33(21-25-14-8-5-9-15-25)23-29-30(4-2)32-34(26-16-10-6-11-17-26)31(29)37-28-18-12-7-13-19-28/h3,5-19,27,35H,1,4,20-24H2,2H3/t27-/m1/s1. The van der Waals surface area contributed by atoms with Crippen molar-refractivity contribution in [3.8, 4) is 17.3 Å². The highest BCUT2D eigenvalue weighted by Crippen LogP contribution is 2.32. The van der Waals surface area contributed by atoms with E-state index in [0.717, 1.165) is 29.1 Å². The Morgan fingerprint density at radius 3 is 2.24 bits per heavy atom. The van der Waals surface area contributed by atoms with Crippen LogP contribution in [0.2, 0.25) is 0 Å². The lowest BCUT2D eigenvalue weighted by Gasteiger charge is -2.26. The summed E-state index contributed by atoms with van der Waals surface area (Å²) < 4.78 is 13.9. The number of hydrogen-bond donors (Lipinski definition) is 1. The molecule has 0 unspecified atom stereocenters. The molecule has 1 atom stereocenters. The summed E-state index contributed by atoms with van der Waals surface area (Å²) in [5.41, 5.74) is 4.07. The number of aliphatic hydroxyl groups is 1. The summed E-state index contributed by atoms with van der Waals surface area (Å²) in [6.45, 7) is 8.11. The van der Waals surface area contributed by atoms with Gasteiger partial charge in [0, 0.05) is 19.6 Å². The highest BCUT2D eigenvalue weighted by Gasteiger charge is 2.24. The zero-order valence-corrected chi connectivity index (χ0v) is 21.4. The van der Waals surface area contributed by atoms with Crippen molar-refractivity contribution < 1.29 is 14.6 Å². The van der Waals surface area contributed by atoms with Crippen LogP contribution in [0.25, 0.3) is 5.69 Å². The molecule has 0 bridgehead atoms. The molecule has 4 rings (SSSR count). The molecular weight excluding hydrogens is 462 g/mol. The molecule has 4 aromatic rings. The number of aromatic nitrogens is 2. The second-order valence-corrected chi connectivity index (χ2v) is 8.88. The Labute approximate surface area is 219 Å². The fourth-order valence-corrected chi connectivity index (χ4v) is 4.26. The van der Waals surface area contributed by atoms with Crippen LogP contribution in [-0.2, 0) is 24.2 Å². The van der Waals surface area contributed by atoms with Gasteiger partial charge in [-0.3, -0.25) is 4.90 Å². The number of rotatable bonds is 14. The Hall–Kier alpha value is -3.71. The number of benzene rings is 3. The molecule has 0 spiro atoms. The SMILES string of the molecule is C=CCOC[C@H](O)CN(Cc1ccccc1)Cc1c(CC)nn(-c2ccccc2)c1Oc1ccccc1. The second-order valence-electron chi connectivity index (χ2n) is 8.88. The summed E-state index contributed by atoms with van der Waals surface area (Å²) in [5.74, 6) is 1.43. The first kappa shape index (κ1) is 26.4. The van der Waals surface area contributed by atoms with E-state index in [1.165, 1.54) is 5.56 Å². The van der Waals surface area contributed by atoms with Crippen LogP contribution in [-0.4, -0.2) is 45.6 Å². The van der Waals surface area contributed by atoms with E-state index in [2.05, 4.69) is 30.5 Å². The van der Waals surface area contributed by atoms with E-state index in [0.29, 0.717) is 32.1 Å². The van der Waals surface area contributed by atoms with Gasteiger partial charge in [0.1, 0.15) is 5.75 Å². The van der Waals surface area contributed by atoms with E-state index < -0.39 is 6.10 Å². The van der Waals surface area contributed by atoms with Gasteiger partial charge in [0.25, 0.3) is 0 Å². The Kier molecular flexibility index (Phi) is 9.66. The van der Waals surface area contributed by atoms with Crippen molar-refractivity contribution in [1.29, 1.82) is 0 Å². The lowest BCUT2D eigenvalue weighted by molar-refractivity contribution is 0.0227. The third-order valence-corrected chi connectivity index (χ3v) is 5.96.